The Balaban J connectivity index is 1.98. The smallest absolute Gasteiger partial charge is 0.407 e. The van der Waals surface area contributed by atoms with Crippen molar-refractivity contribution in [3.05, 3.63) is 17.5 Å². The maximum Gasteiger partial charge on any atom is 0.407 e. The van der Waals surface area contributed by atoms with E-state index in [1.54, 1.807) is 14.1 Å². The molecule has 1 aliphatic rings. The molecule has 1 aromatic rings. The molecule has 0 unspecified atom stereocenters. The molecule has 1 heterocycles. The molecule has 2 rings (SSSR count). The summed E-state index contributed by atoms with van der Waals surface area (Å²) in [5.74, 6) is 0.152. The van der Waals surface area contributed by atoms with E-state index >= 15 is 0 Å². The predicted octanol–water partition coefficient (Wildman–Crippen LogP) is 2.26. The van der Waals surface area contributed by atoms with E-state index in [9.17, 15) is 9.59 Å². The maximum atomic E-state index is 12.5. The lowest BCUT2D eigenvalue weighted by atomic mass is 9.84. The van der Waals surface area contributed by atoms with Crippen molar-refractivity contribution in [2.75, 3.05) is 19.0 Å². The first-order valence-corrected chi connectivity index (χ1v) is 7.49. The van der Waals surface area contributed by atoms with Gasteiger partial charge in [-0.15, -0.1) is 0 Å². The minimum atomic E-state index is -0.932. The summed E-state index contributed by atoms with van der Waals surface area (Å²) in [5, 5.41) is 9.19. The molecule has 7 nitrogen and oxygen atoms in total. The standard InChI is InChI=1S/C14H19ClN4O3/c1-18(14(21)22)10-5-3-9(4-6-10)13(20)19(2)12-11(15)16-7-8-17-12/h7-10H,3-6H2,1-2H3,(H,21,22)/t9-,10-. The first-order chi connectivity index (χ1) is 10.4. The summed E-state index contributed by atoms with van der Waals surface area (Å²) in [5.41, 5.74) is 0. The third kappa shape index (κ3) is 3.47. The van der Waals surface area contributed by atoms with Crippen molar-refractivity contribution in [3.8, 4) is 0 Å². The Kier molecular flexibility index (Phi) is 5.18. The van der Waals surface area contributed by atoms with Gasteiger partial charge in [-0.2, -0.15) is 0 Å². The Bertz CT molecular complexity index is 561. The molecule has 8 heteroatoms. The number of carboxylic acid groups (broad SMARTS) is 1. The second-order valence-electron chi connectivity index (χ2n) is 5.47. The van der Waals surface area contributed by atoms with Gasteiger partial charge in [0.25, 0.3) is 0 Å². The molecule has 0 aliphatic heterocycles. The van der Waals surface area contributed by atoms with Crippen LogP contribution in [0.15, 0.2) is 12.4 Å². The summed E-state index contributed by atoms with van der Waals surface area (Å²) < 4.78 is 0. The van der Waals surface area contributed by atoms with E-state index in [0.29, 0.717) is 31.5 Å². The molecule has 1 fully saturated rings. The molecule has 1 aromatic heterocycles. The van der Waals surface area contributed by atoms with E-state index in [-0.39, 0.29) is 23.0 Å². The van der Waals surface area contributed by atoms with Crippen molar-refractivity contribution in [1.82, 2.24) is 14.9 Å². The van der Waals surface area contributed by atoms with Crippen molar-refractivity contribution in [1.29, 1.82) is 0 Å². The van der Waals surface area contributed by atoms with Gasteiger partial charge >= 0.3 is 6.09 Å². The SMILES string of the molecule is CN(c1nccnc1Cl)C(=O)[C@H]1CC[C@H](N(C)C(=O)O)CC1. The van der Waals surface area contributed by atoms with Crippen LogP contribution in [0.4, 0.5) is 10.6 Å². The van der Waals surface area contributed by atoms with E-state index < -0.39 is 6.09 Å². The van der Waals surface area contributed by atoms with E-state index in [0.717, 1.165) is 0 Å². The zero-order valence-electron chi connectivity index (χ0n) is 12.6. The number of aromatic nitrogens is 2. The fourth-order valence-corrected chi connectivity index (χ4v) is 3.02. The van der Waals surface area contributed by atoms with Gasteiger partial charge in [-0.05, 0) is 25.7 Å². The number of nitrogens with zero attached hydrogens (tertiary/aromatic N) is 4. The number of anilines is 1. The van der Waals surface area contributed by atoms with Gasteiger partial charge in [0.1, 0.15) is 0 Å². The summed E-state index contributed by atoms with van der Waals surface area (Å²) >= 11 is 5.96. The van der Waals surface area contributed by atoms with Crippen LogP contribution in [-0.2, 0) is 4.79 Å². The van der Waals surface area contributed by atoms with Gasteiger partial charge in [0, 0.05) is 38.4 Å². The average Bonchev–Trinajstić information content (AvgIpc) is 2.53. The van der Waals surface area contributed by atoms with E-state index in [1.165, 1.54) is 22.2 Å². The minimum Gasteiger partial charge on any atom is -0.465 e. The van der Waals surface area contributed by atoms with Gasteiger partial charge in [0.05, 0.1) is 0 Å². The average molecular weight is 327 g/mol. The number of rotatable bonds is 3. The van der Waals surface area contributed by atoms with E-state index in [1.807, 2.05) is 0 Å². The van der Waals surface area contributed by atoms with Crippen LogP contribution < -0.4 is 4.90 Å². The summed E-state index contributed by atoms with van der Waals surface area (Å²) in [6.45, 7) is 0. The van der Waals surface area contributed by atoms with Crippen molar-refractivity contribution in [3.63, 3.8) is 0 Å². The first-order valence-electron chi connectivity index (χ1n) is 7.11. The lowest BCUT2D eigenvalue weighted by Crippen LogP contribution is -2.42. The summed E-state index contributed by atoms with van der Waals surface area (Å²) in [6.07, 6.45) is 4.70. The third-order valence-electron chi connectivity index (χ3n) is 4.18. The van der Waals surface area contributed by atoms with Gasteiger partial charge in [0.2, 0.25) is 5.91 Å². The highest BCUT2D eigenvalue weighted by Gasteiger charge is 2.32. The molecule has 0 radical (unpaired) electrons. The Morgan fingerprint density at radius 1 is 1.18 bits per heavy atom. The summed E-state index contributed by atoms with van der Waals surface area (Å²) in [4.78, 5) is 34.3. The lowest BCUT2D eigenvalue weighted by molar-refractivity contribution is -0.123. The molecular formula is C14H19ClN4O3. The topological polar surface area (TPSA) is 86.6 Å². The number of carbonyl (C=O) groups is 2. The zero-order valence-corrected chi connectivity index (χ0v) is 13.3. The minimum absolute atomic E-state index is 0.0213. The number of halogens is 1. The van der Waals surface area contributed by atoms with Gasteiger partial charge in [-0.3, -0.25) is 9.69 Å². The van der Waals surface area contributed by atoms with Crippen molar-refractivity contribution in [2.24, 2.45) is 5.92 Å². The molecule has 0 bridgehead atoms. The van der Waals surface area contributed by atoms with Crippen LogP contribution in [-0.4, -0.2) is 52.1 Å². The highest BCUT2D eigenvalue weighted by molar-refractivity contribution is 6.32. The van der Waals surface area contributed by atoms with Crippen LogP contribution in [0.3, 0.4) is 0 Å². The molecule has 0 spiro atoms. The highest BCUT2D eigenvalue weighted by atomic mass is 35.5. The number of carbonyl (C=O) groups excluding carboxylic acids is 1. The molecule has 120 valence electrons. The Hall–Kier alpha value is -1.89. The predicted molar refractivity (Wildman–Crippen MR) is 82.0 cm³/mol. The lowest BCUT2D eigenvalue weighted by Gasteiger charge is -2.33. The number of hydrogen-bond acceptors (Lipinski definition) is 4. The molecule has 0 saturated heterocycles. The largest absolute Gasteiger partial charge is 0.465 e. The second-order valence-corrected chi connectivity index (χ2v) is 5.82. The fourth-order valence-electron chi connectivity index (χ4n) is 2.78. The quantitative estimate of drug-likeness (QED) is 0.920. The maximum absolute atomic E-state index is 12.5. The van der Waals surface area contributed by atoms with Crippen LogP contribution in [0.5, 0.6) is 0 Å². The Morgan fingerprint density at radius 3 is 2.32 bits per heavy atom. The fraction of sp³-hybridized carbons (Fsp3) is 0.571. The normalized spacial score (nSPS) is 21.2. The van der Waals surface area contributed by atoms with Crippen molar-refractivity contribution < 1.29 is 14.7 Å². The summed E-state index contributed by atoms with van der Waals surface area (Å²) in [6, 6.07) is -0.0213. The Morgan fingerprint density at radius 2 is 1.77 bits per heavy atom. The molecule has 2 amide bonds. The van der Waals surface area contributed by atoms with Crippen molar-refractivity contribution >= 4 is 29.4 Å². The molecular weight excluding hydrogens is 308 g/mol. The monoisotopic (exact) mass is 326 g/mol. The summed E-state index contributed by atoms with van der Waals surface area (Å²) in [7, 11) is 3.20. The van der Waals surface area contributed by atoms with Crippen LogP contribution in [0.1, 0.15) is 25.7 Å². The van der Waals surface area contributed by atoms with Gasteiger partial charge in [-0.1, -0.05) is 11.6 Å². The molecule has 0 atom stereocenters. The van der Waals surface area contributed by atoms with Crippen LogP contribution in [0, 0.1) is 5.92 Å². The molecule has 22 heavy (non-hydrogen) atoms. The van der Waals surface area contributed by atoms with E-state index in [2.05, 4.69) is 9.97 Å². The second kappa shape index (κ2) is 6.91. The molecule has 1 N–H and O–H groups in total. The van der Waals surface area contributed by atoms with Crippen molar-refractivity contribution in [2.45, 2.75) is 31.7 Å². The third-order valence-corrected chi connectivity index (χ3v) is 4.45. The highest BCUT2D eigenvalue weighted by Crippen LogP contribution is 2.30. The van der Waals surface area contributed by atoms with Crippen LogP contribution in [0.2, 0.25) is 5.15 Å². The van der Waals surface area contributed by atoms with Crippen LogP contribution >= 0.6 is 11.6 Å². The van der Waals surface area contributed by atoms with Crippen LogP contribution in [0.25, 0.3) is 0 Å². The number of hydrogen-bond donors (Lipinski definition) is 1. The molecule has 1 saturated carbocycles. The van der Waals surface area contributed by atoms with E-state index in [4.69, 9.17) is 16.7 Å². The van der Waals surface area contributed by atoms with Gasteiger partial charge in [0.15, 0.2) is 11.0 Å². The van der Waals surface area contributed by atoms with Gasteiger partial charge < -0.3 is 10.0 Å². The molecule has 0 aromatic carbocycles. The Labute approximate surface area is 133 Å². The number of amides is 2. The van der Waals surface area contributed by atoms with Gasteiger partial charge in [-0.25, -0.2) is 14.8 Å². The zero-order chi connectivity index (χ0) is 16.3. The molecule has 1 aliphatic carbocycles. The first kappa shape index (κ1) is 16.5.